The number of carbonyl (C=O) groups excluding carboxylic acids is 1. The quantitative estimate of drug-likeness (QED) is 0.564. The van der Waals surface area contributed by atoms with Crippen molar-refractivity contribution < 1.29 is 22.4 Å². The molecule has 0 aliphatic heterocycles. The summed E-state index contributed by atoms with van der Waals surface area (Å²) in [6.45, 7) is 0. The van der Waals surface area contributed by atoms with Gasteiger partial charge in [0.1, 0.15) is 5.82 Å². The average molecular weight is 232 g/mol. The first-order valence-corrected chi connectivity index (χ1v) is 4.80. The van der Waals surface area contributed by atoms with Crippen LogP contribution in [-0.4, -0.2) is 5.78 Å². The van der Waals surface area contributed by atoms with Gasteiger partial charge in [0, 0.05) is 11.5 Å². The third-order valence-electron chi connectivity index (χ3n) is 2.50. The van der Waals surface area contributed by atoms with E-state index in [9.17, 15) is 22.4 Å². The summed E-state index contributed by atoms with van der Waals surface area (Å²) < 4.78 is 50.5. The number of hydrogen-bond donors (Lipinski definition) is 0. The Bertz CT molecular complexity index is 432. The van der Waals surface area contributed by atoms with E-state index < -0.39 is 28.9 Å². The predicted octanol–water partition coefficient (Wildman–Crippen LogP) is 3.44. The fourth-order valence-electron chi connectivity index (χ4n) is 1.53. The Morgan fingerprint density at radius 3 is 2.38 bits per heavy atom. The van der Waals surface area contributed by atoms with Gasteiger partial charge < -0.3 is 0 Å². The van der Waals surface area contributed by atoms with Crippen molar-refractivity contribution in [1.82, 2.24) is 0 Å². The Balaban J connectivity index is 2.47. The number of carbonyl (C=O) groups is 1. The molecule has 0 unspecified atom stereocenters. The van der Waals surface area contributed by atoms with Crippen molar-refractivity contribution in [2.24, 2.45) is 5.92 Å². The van der Waals surface area contributed by atoms with Crippen LogP contribution in [0.4, 0.5) is 17.6 Å². The number of benzene rings is 1. The van der Waals surface area contributed by atoms with Crippen LogP contribution >= 0.6 is 0 Å². The monoisotopic (exact) mass is 232 g/mol. The zero-order chi connectivity index (χ0) is 11.9. The lowest BCUT2D eigenvalue weighted by Crippen LogP contribution is -2.14. The molecule has 86 valence electrons. The van der Waals surface area contributed by atoms with E-state index in [-0.39, 0.29) is 5.92 Å². The van der Waals surface area contributed by atoms with Gasteiger partial charge in [-0.15, -0.1) is 0 Å². The van der Waals surface area contributed by atoms with Gasteiger partial charge >= 0.3 is 6.18 Å². The maximum absolute atomic E-state index is 12.9. The molecule has 2 rings (SSSR count). The number of alkyl halides is 3. The third-order valence-corrected chi connectivity index (χ3v) is 2.50. The van der Waals surface area contributed by atoms with Crippen LogP contribution in [0.5, 0.6) is 0 Å². The van der Waals surface area contributed by atoms with Crippen molar-refractivity contribution in [3.05, 3.63) is 35.1 Å². The average Bonchev–Trinajstić information content (AvgIpc) is 2.97. The minimum absolute atomic E-state index is 0.358. The van der Waals surface area contributed by atoms with Gasteiger partial charge in [-0.3, -0.25) is 4.79 Å². The Kier molecular flexibility index (Phi) is 2.48. The van der Waals surface area contributed by atoms with Crippen LogP contribution in [0.2, 0.25) is 0 Å². The first kappa shape index (κ1) is 11.1. The van der Waals surface area contributed by atoms with Crippen LogP contribution in [0.15, 0.2) is 18.2 Å². The van der Waals surface area contributed by atoms with E-state index in [0.29, 0.717) is 31.0 Å². The molecule has 1 aliphatic rings. The number of ketones is 1. The minimum Gasteiger partial charge on any atom is -0.294 e. The molecule has 0 radical (unpaired) electrons. The Morgan fingerprint density at radius 1 is 1.25 bits per heavy atom. The van der Waals surface area contributed by atoms with E-state index in [2.05, 4.69) is 0 Å². The molecule has 1 nitrogen and oxygen atoms in total. The summed E-state index contributed by atoms with van der Waals surface area (Å²) in [4.78, 5) is 11.6. The SMILES string of the molecule is O=C(c1cc(F)ccc1C(F)(F)F)C1CC1. The topological polar surface area (TPSA) is 17.1 Å². The van der Waals surface area contributed by atoms with E-state index in [1.165, 1.54) is 0 Å². The normalized spacial score (nSPS) is 16.2. The summed E-state index contributed by atoms with van der Waals surface area (Å²) >= 11 is 0. The Hall–Kier alpha value is -1.39. The second-order valence-electron chi connectivity index (χ2n) is 3.83. The molecule has 1 aromatic carbocycles. The van der Waals surface area contributed by atoms with E-state index in [1.54, 1.807) is 0 Å². The van der Waals surface area contributed by atoms with E-state index in [4.69, 9.17) is 0 Å². The highest BCUT2D eigenvalue weighted by Crippen LogP contribution is 2.38. The second kappa shape index (κ2) is 3.57. The molecule has 0 N–H and O–H groups in total. The van der Waals surface area contributed by atoms with Gasteiger partial charge in [0.15, 0.2) is 5.78 Å². The zero-order valence-electron chi connectivity index (χ0n) is 8.14. The number of rotatable bonds is 2. The van der Waals surface area contributed by atoms with Crippen LogP contribution in [-0.2, 0) is 6.18 Å². The van der Waals surface area contributed by atoms with E-state index >= 15 is 0 Å². The summed E-state index contributed by atoms with van der Waals surface area (Å²) in [6, 6.07) is 2.00. The summed E-state index contributed by atoms with van der Waals surface area (Å²) in [5.41, 5.74) is -1.60. The molecule has 0 heterocycles. The van der Waals surface area contributed by atoms with Crippen LogP contribution in [0.3, 0.4) is 0 Å². The second-order valence-corrected chi connectivity index (χ2v) is 3.83. The largest absolute Gasteiger partial charge is 0.417 e. The summed E-state index contributed by atoms with van der Waals surface area (Å²) in [6.07, 6.45) is -3.44. The van der Waals surface area contributed by atoms with E-state index in [0.717, 1.165) is 0 Å². The van der Waals surface area contributed by atoms with Crippen molar-refractivity contribution in [2.75, 3.05) is 0 Å². The van der Waals surface area contributed by atoms with Crippen LogP contribution in [0.1, 0.15) is 28.8 Å². The fourth-order valence-corrected chi connectivity index (χ4v) is 1.53. The maximum atomic E-state index is 12.9. The first-order chi connectivity index (χ1) is 7.39. The minimum atomic E-state index is -4.62. The molecule has 16 heavy (non-hydrogen) atoms. The number of Topliss-reactive ketones (excluding diaryl/α,β-unsaturated/α-hetero) is 1. The summed E-state index contributed by atoms with van der Waals surface area (Å²) in [5, 5.41) is 0. The van der Waals surface area contributed by atoms with Gasteiger partial charge in [0.25, 0.3) is 0 Å². The van der Waals surface area contributed by atoms with Crippen molar-refractivity contribution in [1.29, 1.82) is 0 Å². The van der Waals surface area contributed by atoms with Gasteiger partial charge in [0.2, 0.25) is 0 Å². The van der Waals surface area contributed by atoms with Crippen molar-refractivity contribution in [3.8, 4) is 0 Å². The molecule has 1 aromatic rings. The molecule has 1 aliphatic carbocycles. The highest BCUT2D eigenvalue weighted by atomic mass is 19.4. The van der Waals surface area contributed by atoms with Crippen LogP contribution in [0, 0.1) is 11.7 Å². The number of hydrogen-bond acceptors (Lipinski definition) is 1. The molecule has 1 saturated carbocycles. The predicted molar refractivity (Wildman–Crippen MR) is 48.5 cm³/mol. The molecule has 0 atom stereocenters. The van der Waals surface area contributed by atoms with Crippen molar-refractivity contribution >= 4 is 5.78 Å². The molecular formula is C11H8F4O. The summed E-state index contributed by atoms with van der Waals surface area (Å²) in [5.74, 6) is -1.79. The molecule has 0 aromatic heterocycles. The van der Waals surface area contributed by atoms with Gasteiger partial charge in [-0.05, 0) is 31.0 Å². The Morgan fingerprint density at radius 2 is 1.88 bits per heavy atom. The molecule has 0 saturated heterocycles. The summed E-state index contributed by atoms with van der Waals surface area (Å²) in [7, 11) is 0. The van der Waals surface area contributed by atoms with Gasteiger partial charge in [0.05, 0.1) is 5.56 Å². The van der Waals surface area contributed by atoms with Crippen molar-refractivity contribution in [2.45, 2.75) is 19.0 Å². The maximum Gasteiger partial charge on any atom is 0.417 e. The molecule has 0 spiro atoms. The van der Waals surface area contributed by atoms with Crippen LogP contribution in [0.25, 0.3) is 0 Å². The number of halogens is 4. The lowest BCUT2D eigenvalue weighted by Gasteiger charge is -2.11. The highest BCUT2D eigenvalue weighted by Gasteiger charge is 2.39. The standard InChI is InChI=1S/C11H8F4O/c12-7-3-4-9(11(13,14)15)8(5-7)10(16)6-1-2-6/h3-6H,1-2H2. The molecular weight excluding hydrogens is 224 g/mol. The highest BCUT2D eigenvalue weighted by molar-refractivity contribution is 6.00. The first-order valence-electron chi connectivity index (χ1n) is 4.80. The lowest BCUT2D eigenvalue weighted by atomic mass is 10.0. The molecule has 0 amide bonds. The van der Waals surface area contributed by atoms with Crippen LogP contribution < -0.4 is 0 Å². The van der Waals surface area contributed by atoms with Gasteiger partial charge in [-0.1, -0.05) is 0 Å². The Labute approximate surface area is 89.1 Å². The van der Waals surface area contributed by atoms with Crippen molar-refractivity contribution in [3.63, 3.8) is 0 Å². The van der Waals surface area contributed by atoms with Gasteiger partial charge in [-0.25, -0.2) is 4.39 Å². The smallest absolute Gasteiger partial charge is 0.294 e. The molecule has 1 fully saturated rings. The molecule has 5 heteroatoms. The lowest BCUT2D eigenvalue weighted by molar-refractivity contribution is -0.137. The van der Waals surface area contributed by atoms with Gasteiger partial charge in [-0.2, -0.15) is 13.2 Å². The van der Waals surface area contributed by atoms with E-state index in [1.807, 2.05) is 0 Å². The zero-order valence-corrected chi connectivity index (χ0v) is 8.14. The fraction of sp³-hybridized carbons (Fsp3) is 0.364. The molecule has 0 bridgehead atoms. The third kappa shape index (κ3) is 2.08.